The number of nitrogens with one attached hydrogen (secondary N) is 1. The van der Waals surface area contributed by atoms with Crippen molar-refractivity contribution in [1.82, 2.24) is 15.6 Å². The molecule has 19 heavy (non-hydrogen) atoms. The summed E-state index contributed by atoms with van der Waals surface area (Å²) in [6.45, 7) is 2.01. The first-order valence-electron chi connectivity index (χ1n) is 5.99. The van der Waals surface area contributed by atoms with Crippen molar-refractivity contribution in [2.24, 2.45) is 5.10 Å². The summed E-state index contributed by atoms with van der Waals surface area (Å²) in [6, 6.07) is 7.86. The maximum Gasteiger partial charge on any atom is 0.274 e. The second-order valence-electron chi connectivity index (χ2n) is 4.39. The summed E-state index contributed by atoms with van der Waals surface area (Å²) >= 11 is 0. The predicted molar refractivity (Wildman–Crippen MR) is 68.4 cm³/mol. The number of carbonyl (C=O) groups is 1. The van der Waals surface area contributed by atoms with E-state index in [4.69, 9.17) is 4.52 Å². The van der Waals surface area contributed by atoms with Gasteiger partial charge in [-0.3, -0.25) is 4.79 Å². The lowest BCUT2D eigenvalue weighted by molar-refractivity contribution is -0.121. The molecule has 2 aromatic rings. The van der Waals surface area contributed by atoms with Crippen LogP contribution in [0.15, 0.2) is 33.9 Å². The summed E-state index contributed by atoms with van der Waals surface area (Å²) in [7, 11) is 0. The van der Waals surface area contributed by atoms with Crippen LogP contribution in [0.25, 0.3) is 11.4 Å². The zero-order valence-electron chi connectivity index (χ0n) is 10.4. The van der Waals surface area contributed by atoms with Crippen LogP contribution in [0.5, 0.6) is 0 Å². The van der Waals surface area contributed by atoms with E-state index >= 15 is 0 Å². The van der Waals surface area contributed by atoms with E-state index in [1.807, 2.05) is 31.2 Å². The molecule has 6 heteroatoms. The SMILES string of the molecule is Cc1cccc(-c2noc(C3=NNC(=O)CC3)n2)c1. The summed E-state index contributed by atoms with van der Waals surface area (Å²) in [6.07, 6.45) is 0.905. The molecule has 0 saturated heterocycles. The lowest BCUT2D eigenvalue weighted by Crippen LogP contribution is -2.26. The van der Waals surface area contributed by atoms with Crippen LogP contribution in [-0.4, -0.2) is 21.8 Å². The molecule has 6 nitrogen and oxygen atoms in total. The summed E-state index contributed by atoms with van der Waals surface area (Å²) in [4.78, 5) is 15.3. The number of nitrogens with zero attached hydrogens (tertiary/aromatic N) is 3. The number of carbonyl (C=O) groups excluding carboxylic acids is 1. The van der Waals surface area contributed by atoms with Crippen molar-refractivity contribution in [1.29, 1.82) is 0 Å². The number of benzene rings is 1. The molecular formula is C13H12N4O2. The van der Waals surface area contributed by atoms with Gasteiger partial charge in [0.1, 0.15) is 5.71 Å². The molecule has 1 aromatic carbocycles. The fourth-order valence-electron chi connectivity index (χ4n) is 1.87. The highest BCUT2D eigenvalue weighted by Gasteiger charge is 2.19. The molecule has 1 amide bonds. The van der Waals surface area contributed by atoms with Gasteiger partial charge in [0.15, 0.2) is 0 Å². The van der Waals surface area contributed by atoms with Gasteiger partial charge in [-0.15, -0.1) is 0 Å². The molecule has 1 aliphatic heterocycles. The molecule has 1 N–H and O–H groups in total. The Morgan fingerprint density at radius 1 is 1.32 bits per heavy atom. The Kier molecular flexibility index (Phi) is 2.83. The zero-order valence-corrected chi connectivity index (χ0v) is 10.4. The predicted octanol–water partition coefficient (Wildman–Crippen LogP) is 1.66. The van der Waals surface area contributed by atoms with Crippen molar-refractivity contribution in [3.8, 4) is 11.4 Å². The van der Waals surface area contributed by atoms with Gasteiger partial charge in [0, 0.05) is 18.4 Å². The first kappa shape index (κ1) is 11.6. The van der Waals surface area contributed by atoms with Crippen molar-refractivity contribution in [3.63, 3.8) is 0 Å². The van der Waals surface area contributed by atoms with Gasteiger partial charge in [0.2, 0.25) is 11.7 Å². The van der Waals surface area contributed by atoms with Crippen LogP contribution in [-0.2, 0) is 4.79 Å². The molecule has 0 saturated carbocycles. The molecule has 0 spiro atoms. The maximum absolute atomic E-state index is 11.0. The normalized spacial score (nSPS) is 15.0. The van der Waals surface area contributed by atoms with Gasteiger partial charge in [-0.2, -0.15) is 10.1 Å². The molecule has 0 bridgehead atoms. The van der Waals surface area contributed by atoms with Crippen molar-refractivity contribution >= 4 is 11.6 Å². The van der Waals surface area contributed by atoms with E-state index in [2.05, 4.69) is 20.7 Å². The first-order chi connectivity index (χ1) is 9.22. The van der Waals surface area contributed by atoms with Gasteiger partial charge in [-0.25, -0.2) is 5.43 Å². The van der Waals surface area contributed by atoms with E-state index in [0.29, 0.717) is 30.3 Å². The molecule has 0 aliphatic carbocycles. The van der Waals surface area contributed by atoms with Crippen LogP contribution in [0.3, 0.4) is 0 Å². The lowest BCUT2D eigenvalue weighted by atomic mass is 10.1. The number of amides is 1. The third-order valence-corrected chi connectivity index (χ3v) is 2.85. The van der Waals surface area contributed by atoms with Crippen molar-refractivity contribution < 1.29 is 9.32 Å². The number of hydrogen-bond acceptors (Lipinski definition) is 5. The average Bonchev–Trinajstić information content (AvgIpc) is 2.89. The number of hydrazone groups is 1. The van der Waals surface area contributed by atoms with Crippen LogP contribution >= 0.6 is 0 Å². The third kappa shape index (κ3) is 2.37. The molecule has 0 fully saturated rings. The lowest BCUT2D eigenvalue weighted by Gasteiger charge is -2.07. The number of aromatic nitrogens is 2. The number of aryl methyl sites for hydroxylation is 1. The van der Waals surface area contributed by atoms with E-state index in [-0.39, 0.29) is 5.91 Å². The molecule has 2 heterocycles. The minimum atomic E-state index is -0.0952. The Bertz CT molecular complexity index is 660. The van der Waals surface area contributed by atoms with E-state index in [0.717, 1.165) is 11.1 Å². The third-order valence-electron chi connectivity index (χ3n) is 2.85. The first-order valence-corrected chi connectivity index (χ1v) is 5.99. The maximum atomic E-state index is 11.0. The van der Waals surface area contributed by atoms with Crippen molar-refractivity contribution in [3.05, 3.63) is 35.7 Å². The summed E-state index contributed by atoms with van der Waals surface area (Å²) < 4.78 is 5.19. The molecule has 96 valence electrons. The molecule has 1 aromatic heterocycles. The number of hydrogen-bond donors (Lipinski definition) is 1. The molecular weight excluding hydrogens is 244 g/mol. The Morgan fingerprint density at radius 2 is 2.21 bits per heavy atom. The fourth-order valence-corrected chi connectivity index (χ4v) is 1.87. The van der Waals surface area contributed by atoms with Crippen LogP contribution in [0.4, 0.5) is 0 Å². The number of rotatable bonds is 2. The van der Waals surface area contributed by atoms with Gasteiger partial charge in [-0.1, -0.05) is 28.9 Å². The fraction of sp³-hybridized carbons (Fsp3) is 0.231. The minimum Gasteiger partial charge on any atom is -0.332 e. The molecule has 3 rings (SSSR count). The summed E-state index contributed by atoms with van der Waals surface area (Å²) in [5.41, 5.74) is 5.06. The summed E-state index contributed by atoms with van der Waals surface area (Å²) in [5, 5.41) is 7.87. The standard InChI is InChI=1S/C13H12N4O2/c1-8-3-2-4-9(7-8)12-14-13(19-17-12)10-5-6-11(18)16-15-10/h2-4,7H,5-6H2,1H3,(H,16,18). The van der Waals surface area contributed by atoms with Gasteiger partial charge < -0.3 is 4.52 Å². The monoisotopic (exact) mass is 256 g/mol. The average molecular weight is 256 g/mol. The molecule has 0 unspecified atom stereocenters. The second-order valence-corrected chi connectivity index (χ2v) is 4.39. The smallest absolute Gasteiger partial charge is 0.274 e. The van der Waals surface area contributed by atoms with Crippen LogP contribution in [0.2, 0.25) is 0 Å². The second kappa shape index (κ2) is 4.64. The Labute approximate surface area is 109 Å². The highest BCUT2D eigenvalue weighted by Crippen LogP contribution is 2.18. The Balaban J connectivity index is 1.89. The quantitative estimate of drug-likeness (QED) is 0.886. The molecule has 0 radical (unpaired) electrons. The van der Waals surface area contributed by atoms with Gasteiger partial charge in [0.25, 0.3) is 5.89 Å². The summed E-state index contributed by atoms with van der Waals surface area (Å²) in [5.74, 6) is 0.789. The van der Waals surface area contributed by atoms with Gasteiger partial charge in [0.05, 0.1) is 0 Å². The molecule has 0 atom stereocenters. The topological polar surface area (TPSA) is 80.4 Å². The van der Waals surface area contributed by atoms with Crippen LogP contribution in [0, 0.1) is 6.92 Å². The Morgan fingerprint density at radius 3 is 2.95 bits per heavy atom. The largest absolute Gasteiger partial charge is 0.332 e. The van der Waals surface area contributed by atoms with Gasteiger partial charge in [-0.05, 0) is 13.0 Å². The molecule has 1 aliphatic rings. The van der Waals surface area contributed by atoms with E-state index in [1.165, 1.54) is 0 Å². The highest BCUT2D eigenvalue weighted by atomic mass is 16.5. The zero-order chi connectivity index (χ0) is 13.2. The Hall–Kier alpha value is -2.50. The van der Waals surface area contributed by atoms with Gasteiger partial charge >= 0.3 is 0 Å². The van der Waals surface area contributed by atoms with Crippen LogP contribution in [0.1, 0.15) is 24.3 Å². The van der Waals surface area contributed by atoms with E-state index in [9.17, 15) is 4.79 Å². The van der Waals surface area contributed by atoms with Crippen molar-refractivity contribution in [2.45, 2.75) is 19.8 Å². The van der Waals surface area contributed by atoms with E-state index < -0.39 is 0 Å². The highest BCUT2D eigenvalue weighted by molar-refractivity contribution is 6.01. The van der Waals surface area contributed by atoms with E-state index in [1.54, 1.807) is 0 Å². The van der Waals surface area contributed by atoms with Crippen molar-refractivity contribution in [2.75, 3.05) is 0 Å². The minimum absolute atomic E-state index is 0.0952. The van der Waals surface area contributed by atoms with Crippen LogP contribution < -0.4 is 5.43 Å².